The molecule has 1 N–H and O–H groups in total. The van der Waals surface area contributed by atoms with Crippen LogP contribution in [-0.2, 0) is 24.1 Å². The Hall–Kier alpha value is -1.85. The number of hydrogen-bond acceptors (Lipinski definition) is 4. The zero-order chi connectivity index (χ0) is 18.8. The lowest BCUT2D eigenvalue weighted by molar-refractivity contribution is 0.0600. The van der Waals surface area contributed by atoms with Crippen LogP contribution in [0.15, 0.2) is 18.2 Å². The highest BCUT2D eigenvalue weighted by atomic mass is 16.5. The van der Waals surface area contributed by atoms with Gasteiger partial charge in [-0.15, -0.1) is 0 Å². The van der Waals surface area contributed by atoms with Crippen LogP contribution < -0.4 is 0 Å². The van der Waals surface area contributed by atoms with Crippen molar-refractivity contribution in [1.29, 1.82) is 0 Å². The normalized spacial score (nSPS) is 20.6. The zero-order valence-electron chi connectivity index (χ0n) is 16.2. The molecule has 4 rings (SSSR count). The van der Waals surface area contributed by atoms with Gasteiger partial charge in [0.25, 0.3) is 0 Å². The van der Waals surface area contributed by atoms with Crippen LogP contribution >= 0.6 is 0 Å². The van der Waals surface area contributed by atoms with Crippen molar-refractivity contribution in [3.63, 3.8) is 0 Å². The predicted octanol–water partition coefficient (Wildman–Crippen LogP) is 3.15. The number of likely N-dealkylation sites (tertiary alicyclic amines) is 1. The summed E-state index contributed by atoms with van der Waals surface area (Å²) in [6.45, 7) is 3.94. The minimum absolute atomic E-state index is 0.157. The quantitative estimate of drug-likeness (QED) is 0.822. The van der Waals surface area contributed by atoms with E-state index in [2.05, 4.69) is 15.5 Å². The summed E-state index contributed by atoms with van der Waals surface area (Å²) in [5.74, 6) is -0.266. The number of rotatable bonds is 5. The molecule has 5 nitrogen and oxygen atoms in total. The molecule has 0 amide bonds. The number of aliphatic hydroxyl groups excluding tert-OH is 1. The van der Waals surface area contributed by atoms with E-state index in [1.807, 2.05) is 12.1 Å². The average Bonchev–Trinajstić information content (AvgIpc) is 3.01. The number of aromatic nitrogens is 1. The van der Waals surface area contributed by atoms with Gasteiger partial charge >= 0.3 is 5.97 Å². The molecule has 5 heteroatoms. The number of ether oxygens (including phenoxy) is 1. The number of hydrogen-bond donors (Lipinski definition) is 1. The molecule has 2 aliphatic rings. The number of carbonyl (C=O) groups is 1. The molecule has 1 aromatic carbocycles. The number of β-amino-alcohol motifs (C(OH)–C–C–N with tert-alkyl or cyclic N) is 1. The number of esters is 1. The molecule has 1 saturated heterocycles. The van der Waals surface area contributed by atoms with Gasteiger partial charge in [0.2, 0.25) is 0 Å². The summed E-state index contributed by atoms with van der Waals surface area (Å²) in [5.41, 5.74) is 4.76. The highest BCUT2D eigenvalue weighted by Gasteiger charge is 2.22. The lowest BCUT2D eigenvalue weighted by Crippen LogP contribution is -2.38. The van der Waals surface area contributed by atoms with Gasteiger partial charge in [-0.2, -0.15) is 0 Å². The van der Waals surface area contributed by atoms with E-state index in [9.17, 15) is 9.90 Å². The molecule has 1 fully saturated rings. The zero-order valence-corrected chi connectivity index (χ0v) is 16.2. The summed E-state index contributed by atoms with van der Waals surface area (Å²) in [6, 6.07) is 5.99. The van der Waals surface area contributed by atoms with Gasteiger partial charge in [-0.3, -0.25) is 0 Å². The fraction of sp³-hybridized carbons (Fsp3) is 0.591. The minimum atomic E-state index is -0.266. The molecule has 27 heavy (non-hydrogen) atoms. The molecule has 1 aromatic heterocycles. The number of fused-ring (bicyclic) bond motifs is 3. The van der Waals surface area contributed by atoms with Crippen LogP contribution in [-0.4, -0.2) is 53.4 Å². The van der Waals surface area contributed by atoms with Gasteiger partial charge in [-0.05, 0) is 81.8 Å². The van der Waals surface area contributed by atoms with E-state index >= 15 is 0 Å². The number of benzene rings is 1. The molecule has 2 heterocycles. The average molecular weight is 370 g/mol. The van der Waals surface area contributed by atoms with Crippen LogP contribution in [0.3, 0.4) is 0 Å². The van der Waals surface area contributed by atoms with E-state index < -0.39 is 0 Å². The molecule has 1 aliphatic heterocycles. The molecule has 0 spiro atoms. The Labute approximate surface area is 160 Å². The third kappa shape index (κ3) is 3.76. The van der Waals surface area contributed by atoms with Gasteiger partial charge in [0.1, 0.15) is 0 Å². The number of nitrogens with zero attached hydrogens (tertiary/aromatic N) is 2. The first-order valence-electron chi connectivity index (χ1n) is 10.3. The van der Waals surface area contributed by atoms with Gasteiger partial charge in [-0.1, -0.05) is 0 Å². The van der Waals surface area contributed by atoms with Crippen molar-refractivity contribution in [2.45, 2.75) is 57.6 Å². The molecule has 0 saturated carbocycles. The third-order valence-electron chi connectivity index (χ3n) is 6.13. The van der Waals surface area contributed by atoms with Crippen LogP contribution in [0.5, 0.6) is 0 Å². The summed E-state index contributed by atoms with van der Waals surface area (Å²) in [5, 5.41) is 11.1. The Kier molecular flexibility index (Phi) is 5.50. The molecular weight excluding hydrogens is 340 g/mol. The standard InChI is InChI=1S/C22H30N2O3/c1-27-22(26)16-9-10-21-19(14-16)18-7-2-3-8-20(18)24(21)13-5-12-23-11-4-6-17(25)15-23/h9-10,14,17,25H,2-8,11-13,15H2,1H3. The van der Waals surface area contributed by atoms with Crippen molar-refractivity contribution in [1.82, 2.24) is 9.47 Å². The molecule has 0 bridgehead atoms. The molecule has 1 atom stereocenters. The fourth-order valence-corrected chi connectivity index (χ4v) is 4.82. The Morgan fingerprint density at radius 1 is 1.22 bits per heavy atom. The van der Waals surface area contributed by atoms with Crippen molar-refractivity contribution in [2.24, 2.45) is 0 Å². The molecule has 146 valence electrons. The van der Waals surface area contributed by atoms with E-state index in [4.69, 9.17) is 4.74 Å². The first-order chi connectivity index (χ1) is 13.2. The summed E-state index contributed by atoms with van der Waals surface area (Å²) in [6.07, 6.45) is 7.65. The maximum absolute atomic E-state index is 12.0. The van der Waals surface area contributed by atoms with Crippen LogP contribution in [0.25, 0.3) is 10.9 Å². The monoisotopic (exact) mass is 370 g/mol. The maximum Gasteiger partial charge on any atom is 0.337 e. The number of aliphatic hydroxyl groups is 1. The van der Waals surface area contributed by atoms with Gasteiger partial charge in [-0.25, -0.2) is 4.79 Å². The summed E-state index contributed by atoms with van der Waals surface area (Å²) < 4.78 is 7.38. The van der Waals surface area contributed by atoms with Crippen LogP contribution in [0, 0.1) is 0 Å². The topological polar surface area (TPSA) is 54.7 Å². The summed E-state index contributed by atoms with van der Waals surface area (Å²) in [7, 11) is 1.44. The summed E-state index contributed by atoms with van der Waals surface area (Å²) >= 11 is 0. The largest absolute Gasteiger partial charge is 0.465 e. The second-order valence-electron chi connectivity index (χ2n) is 7.96. The van der Waals surface area contributed by atoms with E-state index in [-0.39, 0.29) is 12.1 Å². The molecule has 1 unspecified atom stereocenters. The van der Waals surface area contributed by atoms with Gasteiger partial charge in [0, 0.05) is 29.7 Å². The fourth-order valence-electron chi connectivity index (χ4n) is 4.82. The van der Waals surface area contributed by atoms with Crippen molar-refractivity contribution in [3.05, 3.63) is 35.0 Å². The lowest BCUT2D eigenvalue weighted by atomic mass is 9.95. The van der Waals surface area contributed by atoms with Crippen molar-refractivity contribution >= 4 is 16.9 Å². The lowest BCUT2D eigenvalue weighted by Gasteiger charge is -2.30. The maximum atomic E-state index is 12.0. The number of aryl methyl sites for hydroxylation is 2. The van der Waals surface area contributed by atoms with Crippen molar-refractivity contribution < 1.29 is 14.6 Å². The summed E-state index contributed by atoms with van der Waals surface area (Å²) in [4.78, 5) is 14.3. The highest BCUT2D eigenvalue weighted by Crippen LogP contribution is 2.33. The SMILES string of the molecule is COC(=O)c1ccc2c(c1)c1c(n2CCCN2CCCC(O)C2)CCCC1. The van der Waals surface area contributed by atoms with Gasteiger partial charge in [0.05, 0.1) is 18.8 Å². The van der Waals surface area contributed by atoms with Gasteiger partial charge < -0.3 is 19.3 Å². The first kappa shape index (κ1) is 18.5. The first-order valence-corrected chi connectivity index (χ1v) is 10.3. The Bertz CT molecular complexity index is 827. The third-order valence-corrected chi connectivity index (χ3v) is 6.13. The number of methoxy groups -OCH3 is 1. The number of carbonyl (C=O) groups excluding carboxylic acids is 1. The van der Waals surface area contributed by atoms with Crippen molar-refractivity contribution in [2.75, 3.05) is 26.7 Å². The smallest absolute Gasteiger partial charge is 0.337 e. The van der Waals surface area contributed by atoms with E-state index in [1.54, 1.807) is 0 Å². The van der Waals surface area contributed by atoms with E-state index in [0.29, 0.717) is 5.56 Å². The number of piperidine rings is 1. The highest BCUT2D eigenvalue weighted by molar-refractivity contribution is 5.96. The predicted molar refractivity (Wildman–Crippen MR) is 106 cm³/mol. The Morgan fingerprint density at radius 3 is 2.89 bits per heavy atom. The van der Waals surface area contributed by atoms with Crippen LogP contribution in [0.4, 0.5) is 0 Å². The molecular formula is C22H30N2O3. The van der Waals surface area contributed by atoms with E-state index in [0.717, 1.165) is 58.3 Å². The molecule has 1 aliphatic carbocycles. The van der Waals surface area contributed by atoms with Crippen LogP contribution in [0.2, 0.25) is 0 Å². The molecule has 0 radical (unpaired) electrons. The van der Waals surface area contributed by atoms with Crippen molar-refractivity contribution in [3.8, 4) is 0 Å². The Balaban J connectivity index is 1.57. The van der Waals surface area contributed by atoms with Gasteiger partial charge in [0.15, 0.2) is 0 Å². The van der Waals surface area contributed by atoms with Crippen LogP contribution in [0.1, 0.15) is 53.7 Å². The minimum Gasteiger partial charge on any atom is -0.465 e. The second kappa shape index (κ2) is 8.03. The second-order valence-corrected chi connectivity index (χ2v) is 7.96. The molecule has 2 aromatic rings. The van der Waals surface area contributed by atoms with E-state index in [1.165, 1.54) is 42.1 Å². The Morgan fingerprint density at radius 2 is 2.07 bits per heavy atom.